The molecular formula is C21H22ClN3O2. The van der Waals surface area contributed by atoms with Crippen LogP contribution in [0, 0.1) is 0 Å². The van der Waals surface area contributed by atoms with Crippen molar-refractivity contribution in [2.75, 3.05) is 13.7 Å². The molecule has 0 saturated heterocycles. The van der Waals surface area contributed by atoms with Gasteiger partial charge in [0, 0.05) is 12.1 Å². The molecule has 1 N–H and O–H groups in total. The number of methoxy groups -OCH3 is 1. The topological polar surface area (TPSA) is 56.1 Å². The number of ether oxygens (including phenoxy) is 1. The number of benzene rings is 2. The summed E-state index contributed by atoms with van der Waals surface area (Å²) < 4.78 is 6.81. The average molecular weight is 384 g/mol. The van der Waals surface area contributed by atoms with Crippen LogP contribution in [0.1, 0.15) is 30.3 Å². The summed E-state index contributed by atoms with van der Waals surface area (Å²) in [6.45, 7) is 2.71. The van der Waals surface area contributed by atoms with Crippen LogP contribution in [0.2, 0.25) is 5.02 Å². The van der Waals surface area contributed by atoms with Gasteiger partial charge in [0.1, 0.15) is 11.4 Å². The predicted octanol–water partition coefficient (Wildman–Crippen LogP) is 4.73. The summed E-state index contributed by atoms with van der Waals surface area (Å²) in [5.74, 6) is 0.595. The summed E-state index contributed by atoms with van der Waals surface area (Å²) in [6.07, 6.45) is 1.94. The quantitative estimate of drug-likeness (QED) is 0.600. The van der Waals surface area contributed by atoms with Crippen LogP contribution in [0.3, 0.4) is 0 Å². The second-order valence-corrected chi connectivity index (χ2v) is 6.52. The summed E-state index contributed by atoms with van der Waals surface area (Å²) in [5.41, 5.74) is 2.70. The third-order valence-electron chi connectivity index (χ3n) is 4.22. The first-order valence-electron chi connectivity index (χ1n) is 8.91. The van der Waals surface area contributed by atoms with E-state index in [1.165, 1.54) is 0 Å². The number of unbranched alkanes of at least 4 members (excludes halogenated alkanes) is 1. The Morgan fingerprint density at radius 2 is 1.93 bits per heavy atom. The van der Waals surface area contributed by atoms with Crippen molar-refractivity contribution in [3.05, 3.63) is 65.3 Å². The van der Waals surface area contributed by atoms with Gasteiger partial charge in [-0.1, -0.05) is 37.1 Å². The molecule has 0 fully saturated rings. The molecule has 0 saturated carbocycles. The number of nitrogens with one attached hydrogen (secondary N) is 1. The monoisotopic (exact) mass is 383 g/mol. The largest absolute Gasteiger partial charge is 0.497 e. The van der Waals surface area contributed by atoms with E-state index in [9.17, 15) is 4.79 Å². The molecule has 140 valence electrons. The third kappa shape index (κ3) is 4.31. The van der Waals surface area contributed by atoms with Gasteiger partial charge in [-0.2, -0.15) is 5.10 Å². The molecule has 2 aromatic carbocycles. The Bertz CT molecular complexity index is 919. The minimum atomic E-state index is -0.171. The molecule has 5 nitrogen and oxygen atoms in total. The van der Waals surface area contributed by atoms with Crippen LogP contribution in [-0.4, -0.2) is 29.3 Å². The molecule has 0 aliphatic rings. The summed E-state index contributed by atoms with van der Waals surface area (Å²) in [5, 5.41) is 8.13. The lowest BCUT2D eigenvalue weighted by Crippen LogP contribution is -2.26. The van der Waals surface area contributed by atoms with Crippen molar-refractivity contribution < 1.29 is 9.53 Å². The zero-order chi connectivity index (χ0) is 19.2. The van der Waals surface area contributed by atoms with E-state index in [1.807, 2.05) is 42.5 Å². The van der Waals surface area contributed by atoms with Crippen LogP contribution in [-0.2, 0) is 0 Å². The molecule has 1 amide bonds. The lowest BCUT2D eigenvalue weighted by atomic mass is 10.1. The molecule has 27 heavy (non-hydrogen) atoms. The van der Waals surface area contributed by atoms with E-state index in [-0.39, 0.29) is 5.91 Å². The van der Waals surface area contributed by atoms with Crippen LogP contribution in [0.4, 0.5) is 0 Å². The number of halogens is 1. The first-order chi connectivity index (χ1) is 13.1. The van der Waals surface area contributed by atoms with E-state index in [2.05, 4.69) is 17.3 Å². The molecule has 0 radical (unpaired) electrons. The van der Waals surface area contributed by atoms with Crippen LogP contribution in [0.15, 0.2) is 54.6 Å². The highest BCUT2D eigenvalue weighted by Gasteiger charge is 2.18. The number of carbonyl (C=O) groups excluding carboxylic acids is 1. The van der Waals surface area contributed by atoms with Crippen LogP contribution in [0.25, 0.3) is 16.9 Å². The fourth-order valence-corrected chi connectivity index (χ4v) is 2.94. The zero-order valence-electron chi connectivity index (χ0n) is 15.4. The number of aromatic nitrogens is 2. The lowest BCUT2D eigenvalue weighted by molar-refractivity contribution is 0.0945. The molecule has 0 bridgehead atoms. The minimum Gasteiger partial charge on any atom is -0.497 e. The van der Waals surface area contributed by atoms with Gasteiger partial charge in [0.25, 0.3) is 5.91 Å². The number of hydrogen-bond donors (Lipinski definition) is 1. The molecule has 1 aromatic heterocycles. The van der Waals surface area contributed by atoms with Crippen LogP contribution in [0.5, 0.6) is 5.75 Å². The summed E-state index contributed by atoms with van der Waals surface area (Å²) in [4.78, 5) is 12.7. The Morgan fingerprint density at radius 1 is 1.19 bits per heavy atom. The third-order valence-corrected chi connectivity index (χ3v) is 4.54. The van der Waals surface area contributed by atoms with E-state index in [1.54, 1.807) is 23.9 Å². The maximum atomic E-state index is 12.7. The molecule has 0 unspecified atom stereocenters. The fourth-order valence-electron chi connectivity index (χ4n) is 2.72. The maximum Gasteiger partial charge on any atom is 0.270 e. The fraction of sp³-hybridized carbons (Fsp3) is 0.238. The van der Waals surface area contributed by atoms with Gasteiger partial charge in [-0.05, 0) is 48.9 Å². The number of nitrogens with zero attached hydrogens (tertiary/aromatic N) is 2. The molecule has 3 rings (SSSR count). The Morgan fingerprint density at radius 3 is 2.59 bits per heavy atom. The van der Waals surface area contributed by atoms with E-state index < -0.39 is 0 Å². The Balaban J connectivity index is 2.02. The van der Waals surface area contributed by atoms with Gasteiger partial charge in [0.2, 0.25) is 0 Å². The first-order valence-corrected chi connectivity index (χ1v) is 9.29. The molecule has 3 aromatic rings. The second-order valence-electron chi connectivity index (χ2n) is 6.12. The maximum absolute atomic E-state index is 12.7. The highest BCUT2D eigenvalue weighted by atomic mass is 35.5. The second kappa shape index (κ2) is 8.73. The van der Waals surface area contributed by atoms with Gasteiger partial charge in [-0.25, -0.2) is 4.68 Å². The summed E-state index contributed by atoms with van der Waals surface area (Å²) in [7, 11) is 1.62. The lowest BCUT2D eigenvalue weighted by Gasteiger charge is -2.09. The zero-order valence-corrected chi connectivity index (χ0v) is 16.2. The van der Waals surface area contributed by atoms with Gasteiger partial charge in [-0.3, -0.25) is 4.79 Å². The van der Waals surface area contributed by atoms with E-state index in [0.717, 1.165) is 24.2 Å². The number of rotatable bonds is 7. The Hall–Kier alpha value is -2.79. The van der Waals surface area contributed by atoms with Crippen molar-refractivity contribution in [3.63, 3.8) is 0 Å². The van der Waals surface area contributed by atoms with Crippen molar-refractivity contribution in [2.24, 2.45) is 0 Å². The normalized spacial score (nSPS) is 10.6. The SMILES string of the molecule is CCCCNC(=O)c1cc(-c2ccc(OC)cc2)nn1-c1ccccc1Cl. The number of para-hydroxylation sites is 1. The molecule has 1 heterocycles. The average Bonchev–Trinajstić information content (AvgIpc) is 3.14. The van der Waals surface area contributed by atoms with Crippen LogP contribution < -0.4 is 10.1 Å². The molecule has 0 aliphatic carbocycles. The predicted molar refractivity (Wildman–Crippen MR) is 108 cm³/mol. The van der Waals surface area contributed by atoms with Gasteiger partial charge in [-0.15, -0.1) is 0 Å². The van der Waals surface area contributed by atoms with E-state index in [4.69, 9.17) is 16.3 Å². The number of carbonyl (C=O) groups is 1. The molecule has 0 atom stereocenters. The van der Waals surface area contributed by atoms with Gasteiger partial charge in [0.05, 0.1) is 23.5 Å². The Kier molecular flexibility index (Phi) is 6.14. The summed E-state index contributed by atoms with van der Waals surface area (Å²) in [6, 6.07) is 16.7. The molecule has 6 heteroatoms. The van der Waals surface area contributed by atoms with E-state index >= 15 is 0 Å². The summed E-state index contributed by atoms with van der Waals surface area (Å²) >= 11 is 6.35. The first kappa shape index (κ1) is 19.0. The molecular weight excluding hydrogens is 362 g/mol. The molecule has 0 spiro atoms. The highest BCUT2D eigenvalue weighted by molar-refractivity contribution is 6.32. The van der Waals surface area contributed by atoms with Crippen molar-refractivity contribution in [1.82, 2.24) is 15.1 Å². The van der Waals surface area contributed by atoms with Crippen molar-refractivity contribution >= 4 is 17.5 Å². The Labute approximate surface area is 163 Å². The highest BCUT2D eigenvalue weighted by Crippen LogP contribution is 2.26. The van der Waals surface area contributed by atoms with Crippen LogP contribution >= 0.6 is 11.6 Å². The van der Waals surface area contributed by atoms with Crippen molar-refractivity contribution in [1.29, 1.82) is 0 Å². The smallest absolute Gasteiger partial charge is 0.270 e. The number of hydrogen-bond acceptors (Lipinski definition) is 3. The van der Waals surface area contributed by atoms with Gasteiger partial charge in [0.15, 0.2) is 0 Å². The minimum absolute atomic E-state index is 0.171. The molecule has 0 aliphatic heterocycles. The van der Waals surface area contributed by atoms with Gasteiger partial charge < -0.3 is 10.1 Å². The van der Waals surface area contributed by atoms with Crippen molar-refractivity contribution in [3.8, 4) is 22.7 Å². The van der Waals surface area contributed by atoms with Gasteiger partial charge >= 0.3 is 0 Å². The van der Waals surface area contributed by atoms with Crippen molar-refractivity contribution in [2.45, 2.75) is 19.8 Å². The standard InChI is InChI=1S/C21H22ClN3O2/c1-3-4-13-23-21(26)20-14-18(15-9-11-16(27-2)12-10-15)24-25(20)19-8-6-5-7-17(19)22/h5-12,14H,3-4,13H2,1-2H3,(H,23,26). The number of amides is 1. The van der Waals surface area contributed by atoms with E-state index in [0.29, 0.717) is 28.6 Å².